The van der Waals surface area contributed by atoms with Crippen LogP contribution in [-0.4, -0.2) is 28.8 Å². The summed E-state index contributed by atoms with van der Waals surface area (Å²) in [5.74, 6) is -0.695. The first kappa shape index (κ1) is 20.3. The van der Waals surface area contributed by atoms with Gasteiger partial charge >= 0.3 is 5.97 Å². The van der Waals surface area contributed by atoms with Gasteiger partial charge in [-0.15, -0.1) is 0 Å². The van der Waals surface area contributed by atoms with Crippen LogP contribution in [0.25, 0.3) is 0 Å². The average Bonchev–Trinajstić information content (AvgIpc) is 2.97. The molecule has 0 spiro atoms. The Balaban J connectivity index is 1.86. The first-order valence-electron chi connectivity index (χ1n) is 9.40. The van der Waals surface area contributed by atoms with Crippen molar-refractivity contribution in [2.75, 3.05) is 12.4 Å². The Kier molecular flexibility index (Phi) is 5.82. The van der Waals surface area contributed by atoms with E-state index in [1.165, 1.54) is 12.7 Å². The largest absolute Gasteiger partial charge is 0.465 e. The Morgan fingerprint density at radius 3 is 2.38 bits per heavy atom. The number of hydrogen-bond donors (Lipinski definition) is 1. The standard InChI is InChI=1S/C23H25N3O3/c1-14-6-9-18(10-7-14)13-26-17(4)21(16(3)25-26)22(27)24-20-12-19(23(28)29-5)11-8-15(20)2/h6-12H,13H2,1-5H3,(H,24,27). The lowest BCUT2D eigenvalue weighted by atomic mass is 10.1. The Morgan fingerprint density at radius 1 is 1.03 bits per heavy atom. The SMILES string of the molecule is COC(=O)c1ccc(C)c(NC(=O)c2c(C)nn(Cc3ccc(C)cc3)c2C)c1. The second kappa shape index (κ2) is 8.31. The highest BCUT2D eigenvalue weighted by molar-refractivity contribution is 6.06. The first-order chi connectivity index (χ1) is 13.8. The lowest BCUT2D eigenvalue weighted by Crippen LogP contribution is -2.16. The number of rotatable bonds is 5. The normalized spacial score (nSPS) is 10.7. The Morgan fingerprint density at radius 2 is 1.72 bits per heavy atom. The Bertz CT molecular complexity index is 1070. The molecule has 0 aliphatic rings. The van der Waals surface area contributed by atoms with Crippen LogP contribution in [-0.2, 0) is 11.3 Å². The minimum Gasteiger partial charge on any atom is -0.465 e. The monoisotopic (exact) mass is 391 g/mol. The molecule has 0 bridgehead atoms. The summed E-state index contributed by atoms with van der Waals surface area (Å²) in [6.07, 6.45) is 0. The van der Waals surface area contributed by atoms with Crippen molar-refractivity contribution in [2.24, 2.45) is 0 Å². The molecule has 1 amide bonds. The molecule has 6 nitrogen and oxygen atoms in total. The third kappa shape index (κ3) is 4.37. The second-order valence-electron chi connectivity index (χ2n) is 7.16. The molecule has 0 radical (unpaired) electrons. The van der Waals surface area contributed by atoms with Crippen LogP contribution in [0.1, 0.15) is 48.8 Å². The van der Waals surface area contributed by atoms with Gasteiger partial charge in [-0.3, -0.25) is 9.48 Å². The number of hydrogen-bond acceptors (Lipinski definition) is 4. The van der Waals surface area contributed by atoms with Crippen LogP contribution >= 0.6 is 0 Å². The molecule has 2 aromatic carbocycles. The van der Waals surface area contributed by atoms with Crippen LogP contribution in [0.4, 0.5) is 5.69 Å². The third-order valence-corrected chi connectivity index (χ3v) is 4.97. The smallest absolute Gasteiger partial charge is 0.337 e. The molecule has 6 heteroatoms. The number of carbonyl (C=O) groups is 2. The predicted molar refractivity (Wildman–Crippen MR) is 112 cm³/mol. The summed E-state index contributed by atoms with van der Waals surface area (Å²) in [5.41, 5.74) is 6.13. The topological polar surface area (TPSA) is 73.2 Å². The van der Waals surface area contributed by atoms with Gasteiger partial charge in [0, 0.05) is 11.4 Å². The van der Waals surface area contributed by atoms with Crippen molar-refractivity contribution in [1.29, 1.82) is 0 Å². The number of aryl methyl sites for hydroxylation is 3. The zero-order valence-corrected chi connectivity index (χ0v) is 17.4. The Labute approximate surface area is 170 Å². The van der Waals surface area contributed by atoms with Crippen molar-refractivity contribution >= 4 is 17.6 Å². The minimum atomic E-state index is -0.446. The van der Waals surface area contributed by atoms with Gasteiger partial charge in [-0.25, -0.2) is 4.79 Å². The molecule has 3 aromatic rings. The molecule has 1 heterocycles. The number of aromatic nitrogens is 2. The van der Waals surface area contributed by atoms with E-state index in [9.17, 15) is 9.59 Å². The summed E-state index contributed by atoms with van der Waals surface area (Å²) in [4.78, 5) is 24.8. The molecule has 0 unspecified atom stereocenters. The maximum absolute atomic E-state index is 13.0. The summed E-state index contributed by atoms with van der Waals surface area (Å²) < 4.78 is 6.60. The zero-order chi connectivity index (χ0) is 21.1. The molecule has 0 atom stereocenters. The minimum absolute atomic E-state index is 0.250. The van der Waals surface area contributed by atoms with E-state index in [0.29, 0.717) is 29.1 Å². The molecule has 0 fully saturated rings. The van der Waals surface area contributed by atoms with Crippen molar-refractivity contribution in [3.05, 3.63) is 81.7 Å². The van der Waals surface area contributed by atoms with E-state index in [4.69, 9.17) is 4.74 Å². The molecule has 1 N–H and O–H groups in total. The van der Waals surface area contributed by atoms with Gasteiger partial charge in [0.1, 0.15) is 0 Å². The van der Waals surface area contributed by atoms with E-state index >= 15 is 0 Å². The molecule has 3 rings (SSSR count). The van der Waals surface area contributed by atoms with Crippen LogP contribution in [0.15, 0.2) is 42.5 Å². The van der Waals surface area contributed by atoms with Gasteiger partial charge in [-0.2, -0.15) is 5.10 Å². The number of nitrogens with one attached hydrogen (secondary N) is 1. The number of anilines is 1. The van der Waals surface area contributed by atoms with Gasteiger partial charge in [-0.1, -0.05) is 35.9 Å². The van der Waals surface area contributed by atoms with Crippen molar-refractivity contribution in [3.63, 3.8) is 0 Å². The van der Waals surface area contributed by atoms with E-state index in [-0.39, 0.29) is 5.91 Å². The van der Waals surface area contributed by atoms with Gasteiger partial charge in [0.25, 0.3) is 5.91 Å². The Hall–Kier alpha value is -3.41. The number of benzene rings is 2. The number of ether oxygens (including phenoxy) is 1. The third-order valence-electron chi connectivity index (χ3n) is 4.97. The van der Waals surface area contributed by atoms with Crippen molar-refractivity contribution in [2.45, 2.75) is 34.2 Å². The average molecular weight is 391 g/mol. The fourth-order valence-electron chi connectivity index (χ4n) is 3.23. The molecule has 29 heavy (non-hydrogen) atoms. The van der Waals surface area contributed by atoms with E-state index in [2.05, 4.69) is 34.7 Å². The number of nitrogens with zero attached hydrogens (tertiary/aromatic N) is 2. The number of esters is 1. The van der Waals surface area contributed by atoms with Crippen LogP contribution in [0.2, 0.25) is 0 Å². The van der Waals surface area contributed by atoms with Crippen molar-refractivity contribution in [3.8, 4) is 0 Å². The molecule has 150 valence electrons. The molecule has 0 aliphatic carbocycles. The van der Waals surface area contributed by atoms with Crippen molar-refractivity contribution in [1.82, 2.24) is 9.78 Å². The lowest BCUT2D eigenvalue weighted by molar-refractivity contribution is 0.0600. The van der Waals surface area contributed by atoms with Gasteiger partial charge < -0.3 is 10.1 Å². The highest BCUT2D eigenvalue weighted by Crippen LogP contribution is 2.21. The maximum Gasteiger partial charge on any atom is 0.337 e. The van der Waals surface area contributed by atoms with E-state index in [1.807, 2.05) is 32.4 Å². The number of amides is 1. The molecular formula is C23H25N3O3. The maximum atomic E-state index is 13.0. The molecule has 0 saturated heterocycles. The fraction of sp³-hybridized carbons (Fsp3) is 0.261. The van der Waals surface area contributed by atoms with Crippen LogP contribution in [0.3, 0.4) is 0 Å². The summed E-state index contributed by atoms with van der Waals surface area (Å²) >= 11 is 0. The van der Waals surface area contributed by atoms with E-state index in [1.54, 1.807) is 18.2 Å². The summed E-state index contributed by atoms with van der Waals surface area (Å²) in [7, 11) is 1.33. The summed E-state index contributed by atoms with van der Waals surface area (Å²) in [6.45, 7) is 8.23. The molecular weight excluding hydrogens is 366 g/mol. The van der Waals surface area contributed by atoms with Gasteiger partial charge in [0.15, 0.2) is 0 Å². The van der Waals surface area contributed by atoms with Crippen LogP contribution < -0.4 is 5.32 Å². The van der Waals surface area contributed by atoms with Crippen LogP contribution in [0.5, 0.6) is 0 Å². The molecule has 0 aliphatic heterocycles. The number of carbonyl (C=O) groups excluding carboxylic acids is 2. The second-order valence-corrected chi connectivity index (χ2v) is 7.16. The first-order valence-corrected chi connectivity index (χ1v) is 9.40. The van der Waals surface area contributed by atoms with E-state index < -0.39 is 5.97 Å². The predicted octanol–water partition coefficient (Wildman–Crippen LogP) is 4.20. The molecule has 0 saturated carbocycles. The number of methoxy groups -OCH3 is 1. The zero-order valence-electron chi connectivity index (χ0n) is 17.4. The quantitative estimate of drug-likeness (QED) is 0.662. The highest BCUT2D eigenvalue weighted by Gasteiger charge is 2.20. The van der Waals surface area contributed by atoms with Gasteiger partial charge in [0.2, 0.25) is 0 Å². The summed E-state index contributed by atoms with van der Waals surface area (Å²) in [6, 6.07) is 13.3. The van der Waals surface area contributed by atoms with Crippen LogP contribution in [0, 0.1) is 27.7 Å². The highest BCUT2D eigenvalue weighted by atomic mass is 16.5. The fourth-order valence-corrected chi connectivity index (χ4v) is 3.23. The van der Waals surface area contributed by atoms with Gasteiger partial charge in [0.05, 0.1) is 30.5 Å². The lowest BCUT2D eigenvalue weighted by Gasteiger charge is -2.11. The van der Waals surface area contributed by atoms with Crippen molar-refractivity contribution < 1.29 is 14.3 Å². The molecule has 1 aromatic heterocycles. The summed E-state index contributed by atoms with van der Waals surface area (Å²) in [5, 5.41) is 7.47. The van der Waals surface area contributed by atoms with E-state index in [0.717, 1.165) is 16.8 Å². The van der Waals surface area contributed by atoms with Gasteiger partial charge in [-0.05, 0) is 51.0 Å².